The summed E-state index contributed by atoms with van der Waals surface area (Å²) in [6.07, 6.45) is 0.162. The second kappa shape index (κ2) is 7.39. The van der Waals surface area contributed by atoms with Gasteiger partial charge >= 0.3 is 0 Å². The molecule has 1 amide bonds. The average molecular weight is 414 g/mol. The Morgan fingerprint density at radius 2 is 1.77 bits per heavy atom. The first-order valence-electron chi connectivity index (χ1n) is 9.67. The first-order valence-corrected chi connectivity index (χ1v) is 10.5. The molecule has 0 aliphatic carbocycles. The van der Waals surface area contributed by atoms with Crippen LogP contribution in [0.15, 0.2) is 65.2 Å². The molecule has 0 fully saturated rings. The van der Waals surface area contributed by atoms with E-state index in [1.807, 2.05) is 55.5 Å². The molecule has 0 atom stereocenters. The van der Waals surface area contributed by atoms with Gasteiger partial charge < -0.3 is 9.84 Å². The number of rotatable bonds is 4. The van der Waals surface area contributed by atoms with Gasteiger partial charge in [0.05, 0.1) is 16.6 Å². The van der Waals surface area contributed by atoms with E-state index in [9.17, 15) is 4.79 Å². The Balaban J connectivity index is 1.31. The molecule has 148 valence electrons. The molecule has 3 aromatic carbocycles. The number of hydrogen-bond donors (Lipinski definition) is 1. The number of aryl methyl sites for hydroxylation is 2. The van der Waals surface area contributed by atoms with Crippen LogP contribution in [0.25, 0.3) is 31.8 Å². The molecular formula is C24H19N3O2S. The predicted molar refractivity (Wildman–Crippen MR) is 121 cm³/mol. The standard InChI is InChI=1S/C24H19N3O2S/c1-14-4-10-21-18(11-14)20(27-29-21)13-23(28)25-17-7-5-16(6-8-17)24-26-19-9-3-15(2)12-22(19)30-24/h3-12H,13H2,1-2H3,(H,25,28). The molecule has 0 spiro atoms. The van der Waals surface area contributed by atoms with Gasteiger partial charge in [-0.2, -0.15) is 0 Å². The summed E-state index contributed by atoms with van der Waals surface area (Å²) in [5.41, 5.74) is 6.45. The molecule has 1 N–H and O–H groups in total. The lowest BCUT2D eigenvalue weighted by atomic mass is 10.1. The van der Waals surface area contributed by atoms with Crippen molar-refractivity contribution in [3.05, 3.63) is 77.5 Å². The quantitative estimate of drug-likeness (QED) is 0.398. The lowest BCUT2D eigenvalue weighted by Gasteiger charge is -2.05. The van der Waals surface area contributed by atoms with Gasteiger partial charge in [0, 0.05) is 16.6 Å². The number of benzene rings is 3. The fourth-order valence-electron chi connectivity index (χ4n) is 3.44. The molecule has 2 aromatic heterocycles. The van der Waals surface area contributed by atoms with Gasteiger partial charge in [-0.1, -0.05) is 22.9 Å². The van der Waals surface area contributed by atoms with Crippen molar-refractivity contribution >= 4 is 44.1 Å². The number of thiazole rings is 1. The molecule has 0 aliphatic heterocycles. The van der Waals surface area contributed by atoms with Crippen LogP contribution in [0.3, 0.4) is 0 Å². The Kier molecular flexibility index (Phi) is 4.56. The van der Waals surface area contributed by atoms with E-state index in [4.69, 9.17) is 9.51 Å². The Bertz CT molecular complexity index is 1380. The number of anilines is 1. The molecular weight excluding hydrogens is 394 g/mol. The van der Waals surface area contributed by atoms with Gasteiger partial charge in [0.15, 0.2) is 5.58 Å². The van der Waals surface area contributed by atoms with Crippen LogP contribution in [0.4, 0.5) is 5.69 Å². The third-order valence-electron chi connectivity index (χ3n) is 4.99. The van der Waals surface area contributed by atoms with Gasteiger partial charge in [-0.05, 0) is 67.9 Å². The highest BCUT2D eigenvalue weighted by Gasteiger charge is 2.13. The van der Waals surface area contributed by atoms with Crippen molar-refractivity contribution < 1.29 is 9.32 Å². The number of carbonyl (C=O) groups excluding carboxylic acids is 1. The van der Waals surface area contributed by atoms with Crippen molar-refractivity contribution in [1.29, 1.82) is 0 Å². The number of hydrogen-bond acceptors (Lipinski definition) is 5. The molecule has 30 heavy (non-hydrogen) atoms. The van der Waals surface area contributed by atoms with Gasteiger partial charge in [-0.3, -0.25) is 4.79 Å². The molecule has 0 unspecified atom stereocenters. The minimum absolute atomic E-state index is 0.130. The fraction of sp³-hybridized carbons (Fsp3) is 0.125. The van der Waals surface area contributed by atoms with Crippen molar-refractivity contribution in [2.75, 3.05) is 5.32 Å². The van der Waals surface area contributed by atoms with Crippen LogP contribution in [0.1, 0.15) is 16.8 Å². The number of carbonyl (C=O) groups is 1. The van der Waals surface area contributed by atoms with Gasteiger partial charge in [0.1, 0.15) is 10.7 Å². The number of nitrogens with one attached hydrogen (secondary N) is 1. The highest BCUT2D eigenvalue weighted by atomic mass is 32.1. The van der Waals surface area contributed by atoms with Gasteiger partial charge in [0.25, 0.3) is 0 Å². The smallest absolute Gasteiger partial charge is 0.230 e. The molecule has 0 saturated heterocycles. The molecule has 0 bridgehead atoms. The van der Waals surface area contributed by atoms with Crippen LogP contribution in [0.5, 0.6) is 0 Å². The van der Waals surface area contributed by atoms with Crippen LogP contribution >= 0.6 is 11.3 Å². The Hall–Kier alpha value is -3.51. The first kappa shape index (κ1) is 18.5. The normalized spacial score (nSPS) is 11.3. The van der Waals surface area contributed by atoms with Crippen molar-refractivity contribution in [3.63, 3.8) is 0 Å². The number of amides is 1. The minimum atomic E-state index is -0.130. The SMILES string of the molecule is Cc1ccc2nc(-c3ccc(NC(=O)Cc4noc5ccc(C)cc45)cc3)sc2c1. The Morgan fingerprint density at radius 3 is 2.60 bits per heavy atom. The maximum atomic E-state index is 12.5. The number of nitrogens with zero attached hydrogens (tertiary/aromatic N) is 2. The maximum absolute atomic E-state index is 12.5. The largest absolute Gasteiger partial charge is 0.356 e. The second-order valence-corrected chi connectivity index (χ2v) is 8.45. The number of fused-ring (bicyclic) bond motifs is 2. The fourth-order valence-corrected chi connectivity index (χ4v) is 4.51. The summed E-state index contributed by atoms with van der Waals surface area (Å²) >= 11 is 1.67. The summed E-state index contributed by atoms with van der Waals surface area (Å²) in [5.74, 6) is -0.130. The topological polar surface area (TPSA) is 68.0 Å². The predicted octanol–water partition coefficient (Wildman–Crippen LogP) is 5.90. The van der Waals surface area contributed by atoms with E-state index in [0.717, 1.165) is 32.7 Å². The molecule has 2 heterocycles. The third kappa shape index (κ3) is 3.57. The van der Waals surface area contributed by atoms with E-state index < -0.39 is 0 Å². The zero-order chi connectivity index (χ0) is 20.7. The number of aromatic nitrogens is 2. The second-order valence-electron chi connectivity index (χ2n) is 7.42. The highest BCUT2D eigenvalue weighted by molar-refractivity contribution is 7.21. The van der Waals surface area contributed by atoms with Gasteiger partial charge in [0.2, 0.25) is 5.91 Å². The molecule has 0 saturated carbocycles. The molecule has 5 nitrogen and oxygen atoms in total. The zero-order valence-electron chi connectivity index (χ0n) is 16.6. The average Bonchev–Trinajstić information content (AvgIpc) is 3.32. The van der Waals surface area contributed by atoms with Crippen molar-refractivity contribution in [3.8, 4) is 10.6 Å². The van der Waals surface area contributed by atoms with Crippen LogP contribution in [-0.2, 0) is 11.2 Å². The summed E-state index contributed by atoms with van der Waals surface area (Å²) in [6.45, 7) is 4.09. The summed E-state index contributed by atoms with van der Waals surface area (Å²) in [7, 11) is 0. The lowest BCUT2D eigenvalue weighted by molar-refractivity contribution is -0.115. The summed E-state index contributed by atoms with van der Waals surface area (Å²) < 4.78 is 6.49. The lowest BCUT2D eigenvalue weighted by Crippen LogP contribution is -2.14. The molecule has 6 heteroatoms. The third-order valence-corrected chi connectivity index (χ3v) is 6.05. The van der Waals surface area contributed by atoms with Gasteiger partial charge in [-0.25, -0.2) is 4.98 Å². The van der Waals surface area contributed by atoms with E-state index in [-0.39, 0.29) is 12.3 Å². The monoisotopic (exact) mass is 413 g/mol. The molecule has 0 radical (unpaired) electrons. The van der Waals surface area contributed by atoms with Crippen LogP contribution in [0, 0.1) is 13.8 Å². The van der Waals surface area contributed by atoms with E-state index in [2.05, 4.69) is 29.5 Å². The van der Waals surface area contributed by atoms with Gasteiger partial charge in [-0.15, -0.1) is 11.3 Å². The van der Waals surface area contributed by atoms with E-state index >= 15 is 0 Å². The minimum Gasteiger partial charge on any atom is -0.356 e. The summed E-state index contributed by atoms with van der Waals surface area (Å²) in [4.78, 5) is 17.2. The van der Waals surface area contributed by atoms with E-state index in [1.54, 1.807) is 11.3 Å². The molecule has 0 aliphatic rings. The van der Waals surface area contributed by atoms with Crippen molar-refractivity contribution in [2.24, 2.45) is 0 Å². The maximum Gasteiger partial charge on any atom is 0.230 e. The molecule has 5 aromatic rings. The van der Waals surface area contributed by atoms with Crippen LogP contribution in [-0.4, -0.2) is 16.0 Å². The highest BCUT2D eigenvalue weighted by Crippen LogP contribution is 2.31. The first-order chi connectivity index (χ1) is 14.5. The Labute approximate surface area is 177 Å². The van der Waals surface area contributed by atoms with E-state index in [0.29, 0.717) is 11.3 Å². The zero-order valence-corrected chi connectivity index (χ0v) is 17.4. The molecule has 5 rings (SSSR count). The summed E-state index contributed by atoms with van der Waals surface area (Å²) in [5, 5.41) is 8.84. The van der Waals surface area contributed by atoms with Crippen LogP contribution in [0.2, 0.25) is 0 Å². The Morgan fingerprint density at radius 1 is 1.00 bits per heavy atom. The van der Waals surface area contributed by atoms with E-state index in [1.165, 1.54) is 10.3 Å². The van der Waals surface area contributed by atoms with Crippen molar-refractivity contribution in [1.82, 2.24) is 10.1 Å². The van der Waals surface area contributed by atoms with Crippen molar-refractivity contribution in [2.45, 2.75) is 20.3 Å². The van der Waals surface area contributed by atoms with Crippen LogP contribution < -0.4 is 5.32 Å². The summed E-state index contributed by atoms with van der Waals surface area (Å²) in [6, 6.07) is 19.9.